The van der Waals surface area contributed by atoms with Crippen molar-refractivity contribution in [1.29, 1.82) is 0 Å². The summed E-state index contributed by atoms with van der Waals surface area (Å²) < 4.78 is 44.0. The molecule has 2 nitrogen and oxygen atoms in total. The van der Waals surface area contributed by atoms with Crippen molar-refractivity contribution in [2.45, 2.75) is 42.7 Å². The van der Waals surface area contributed by atoms with E-state index in [2.05, 4.69) is 72.8 Å². The quantitative estimate of drug-likeness (QED) is 0.141. The summed E-state index contributed by atoms with van der Waals surface area (Å²) in [6.45, 7) is 0. The van der Waals surface area contributed by atoms with E-state index in [0.717, 1.165) is 18.4 Å². The molecule has 0 saturated heterocycles. The van der Waals surface area contributed by atoms with E-state index in [-0.39, 0.29) is 16.9 Å². The van der Waals surface area contributed by atoms with Gasteiger partial charge in [-0.05, 0) is 54.8 Å². The molecule has 1 aliphatic heterocycles. The van der Waals surface area contributed by atoms with Gasteiger partial charge in [-0.15, -0.1) is 0 Å². The van der Waals surface area contributed by atoms with Gasteiger partial charge >= 0.3 is 13.2 Å². The van der Waals surface area contributed by atoms with E-state index in [9.17, 15) is 22.1 Å². The molecule has 1 heterocycles. The molecule has 1 fully saturated rings. The minimum Gasteiger partial charge on any atom is -0.468 e. The Morgan fingerprint density at radius 2 is 1.34 bits per heavy atom. The molecular weight excluding hydrogens is 459 g/mol. The molecule has 5 rings (SSSR count). The number of ether oxygens (including phenoxy) is 1. The maximum Gasteiger partial charge on any atom is 0.673 e. The van der Waals surface area contributed by atoms with Crippen molar-refractivity contribution >= 4 is 35.9 Å². The molecule has 2 aliphatic rings. The Balaban J connectivity index is 0.000000444. The van der Waals surface area contributed by atoms with Crippen LogP contribution in [0, 0.1) is 0 Å². The van der Waals surface area contributed by atoms with Crippen molar-refractivity contribution in [3.8, 4) is 0 Å². The molecule has 0 spiro atoms. The number of hydrogen-bond acceptors (Lipinski definition) is 3. The van der Waals surface area contributed by atoms with Crippen molar-refractivity contribution in [2.75, 3.05) is 7.11 Å². The van der Waals surface area contributed by atoms with Crippen molar-refractivity contribution in [1.82, 2.24) is 0 Å². The third-order valence-corrected chi connectivity index (χ3v) is 9.07. The summed E-state index contributed by atoms with van der Waals surface area (Å²) in [4.78, 5) is 18.9. The fraction of sp³-hybridized carbons (Fsp3) is 0.174. The Morgan fingerprint density at radius 1 is 0.875 bits per heavy atom. The lowest BCUT2D eigenvalue weighted by Gasteiger charge is -2.19. The highest BCUT2D eigenvalue weighted by Crippen LogP contribution is 2.51. The molecule has 3 aromatic carbocycles. The third kappa shape index (κ3) is 4.69. The lowest BCUT2D eigenvalue weighted by molar-refractivity contribution is -0.143. The number of hydrogen-bond donors (Lipinski definition) is 0. The summed E-state index contributed by atoms with van der Waals surface area (Å²) in [6.07, 6.45) is 1.76. The van der Waals surface area contributed by atoms with Gasteiger partial charge < -0.3 is 22.0 Å². The fourth-order valence-corrected chi connectivity index (χ4v) is 7.48. The average molecular weight is 478 g/mol. The summed E-state index contributed by atoms with van der Waals surface area (Å²) in [5.74, 6) is -0.109. The molecule has 0 unspecified atom stereocenters. The molecule has 0 atom stereocenters. The van der Waals surface area contributed by atoms with Crippen LogP contribution in [-0.2, 0) is 25.8 Å². The first-order valence-corrected chi connectivity index (χ1v) is 11.9. The Labute approximate surface area is 190 Å². The number of methoxy groups -OCH3 is 1. The van der Waals surface area contributed by atoms with Crippen LogP contribution in [0.3, 0.4) is 0 Å². The molecule has 3 aromatic rings. The maximum atomic E-state index is 12.2. The first-order valence-electron chi connectivity index (χ1n) is 9.89. The summed E-state index contributed by atoms with van der Waals surface area (Å²) in [5.41, 5.74) is 0.670. The normalized spacial score (nSPS) is 16.2. The second-order valence-corrected chi connectivity index (χ2v) is 10.4. The number of carbonyl (C=O) groups is 1. The predicted octanol–water partition coefficient (Wildman–Crippen LogP) is 6.75. The molecule has 0 aromatic heterocycles. The minimum atomic E-state index is -6.00. The van der Waals surface area contributed by atoms with Gasteiger partial charge in [0.15, 0.2) is 14.7 Å². The van der Waals surface area contributed by atoms with Gasteiger partial charge in [-0.2, -0.15) is 0 Å². The first-order chi connectivity index (χ1) is 15.2. The number of carbonyl (C=O) groups excluding carboxylic acids is 1. The van der Waals surface area contributed by atoms with Crippen molar-refractivity contribution in [2.24, 2.45) is 0 Å². The number of fused-ring (bicyclic) bond motifs is 2. The zero-order valence-electron chi connectivity index (χ0n) is 17.1. The third-order valence-electron chi connectivity index (χ3n) is 5.33. The van der Waals surface area contributed by atoms with Gasteiger partial charge in [0.25, 0.3) is 0 Å². The van der Waals surface area contributed by atoms with Crippen LogP contribution in [0.4, 0.5) is 17.3 Å². The minimum absolute atomic E-state index is 0.109. The molecule has 166 valence electrons. The van der Waals surface area contributed by atoms with E-state index in [0.29, 0.717) is 0 Å². The van der Waals surface area contributed by atoms with Crippen LogP contribution in [-0.4, -0.2) is 20.3 Å². The van der Waals surface area contributed by atoms with Crippen LogP contribution >= 0.6 is 11.8 Å². The van der Waals surface area contributed by atoms with E-state index in [1.165, 1.54) is 31.6 Å². The Bertz CT molecular complexity index is 1080. The monoisotopic (exact) mass is 478 g/mol. The van der Waals surface area contributed by atoms with Crippen LogP contribution < -0.4 is 0 Å². The van der Waals surface area contributed by atoms with Crippen molar-refractivity contribution in [3.63, 3.8) is 0 Å². The fourth-order valence-electron chi connectivity index (χ4n) is 3.74. The van der Waals surface area contributed by atoms with Gasteiger partial charge in [0.1, 0.15) is 10.9 Å². The second kappa shape index (κ2) is 8.86. The van der Waals surface area contributed by atoms with Gasteiger partial charge in [-0.25, -0.2) is 0 Å². The van der Waals surface area contributed by atoms with Crippen LogP contribution in [0.5, 0.6) is 0 Å². The highest BCUT2D eigenvalue weighted by Gasteiger charge is 2.52. The van der Waals surface area contributed by atoms with E-state index >= 15 is 0 Å². The molecule has 32 heavy (non-hydrogen) atoms. The van der Waals surface area contributed by atoms with Crippen LogP contribution in [0.1, 0.15) is 18.4 Å². The Morgan fingerprint density at radius 3 is 1.78 bits per heavy atom. The second-order valence-electron chi connectivity index (χ2n) is 7.39. The molecule has 0 amide bonds. The van der Waals surface area contributed by atoms with E-state index in [1.54, 1.807) is 0 Å². The molecule has 1 saturated carbocycles. The number of halogens is 4. The summed E-state index contributed by atoms with van der Waals surface area (Å²) in [5, 5.41) is 0. The topological polar surface area (TPSA) is 26.3 Å². The predicted molar refractivity (Wildman–Crippen MR) is 119 cm³/mol. The zero-order chi connectivity index (χ0) is 22.9. The van der Waals surface area contributed by atoms with Gasteiger partial charge in [0, 0.05) is 0 Å². The number of benzene rings is 3. The smallest absolute Gasteiger partial charge is 0.468 e. The first kappa shape index (κ1) is 22.8. The lowest BCUT2D eigenvalue weighted by atomic mass is 9.96. The largest absolute Gasteiger partial charge is 0.673 e. The molecule has 0 N–H and O–H groups in total. The average Bonchev–Trinajstić information content (AvgIpc) is 3.58. The summed E-state index contributed by atoms with van der Waals surface area (Å²) >= 11 is 1.85. The zero-order valence-corrected chi connectivity index (χ0v) is 18.7. The highest BCUT2D eigenvalue weighted by molar-refractivity contribution is 8.04. The number of rotatable bonds is 3. The highest BCUT2D eigenvalue weighted by atomic mass is 32.2. The maximum absolute atomic E-state index is 12.2. The van der Waals surface area contributed by atoms with Gasteiger partial charge in [0.05, 0.1) is 22.3 Å². The molecular formula is C23H19BF4O2S2. The van der Waals surface area contributed by atoms with Gasteiger partial charge in [0.2, 0.25) is 0 Å². The van der Waals surface area contributed by atoms with Gasteiger partial charge in [-0.1, -0.05) is 48.2 Å². The lowest BCUT2D eigenvalue weighted by Crippen LogP contribution is -2.21. The standard InChI is InChI=1S/C23H19O2S2.BF4/c1-25-22(24)23(14-15-23)16-10-12-17(13-11-16)27-20-8-4-2-6-18(20)26-19-7-3-5-9-21(19)27;2-1(3,4)5/h2-13H,14-15H2,1H3;/q+1;-1. The van der Waals surface area contributed by atoms with Crippen LogP contribution in [0.15, 0.2) is 97.3 Å². The van der Waals surface area contributed by atoms with E-state index in [4.69, 9.17) is 4.74 Å². The Kier molecular flexibility index (Phi) is 6.31. The van der Waals surface area contributed by atoms with E-state index in [1.807, 2.05) is 11.8 Å². The number of esters is 1. The SMILES string of the molecule is COC(=O)C1(c2ccc([S+]3c4ccccc4Sc4ccccc43)cc2)CC1.F[B-](F)(F)F. The van der Waals surface area contributed by atoms with Gasteiger partial charge in [-0.3, -0.25) is 4.79 Å². The van der Waals surface area contributed by atoms with E-state index < -0.39 is 12.7 Å². The van der Waals surface area contributed by atoms with Crippen LogP contribution in [0.25, 0.3) is 0 Å². The van der Waals surface area contributed by atoms with Crippen molar-refractivity contribution < 1.29 is 26.8 Å². The summed E-state index contributed by atoms with van der Waals surface area (Å²) in [6, 6.07) is 26.0. The molecule has 1 aliphatic carbocycles. The Hall–Kier alpha value is -2.39. The van der Waals surface area contributed by atoms with Crippen LogP contribution in [0.2, 0.25) is 0 Å². The molecule has 9 heteroatoms. The molecule has 0 bridgehead atoms. The summed E-state index contributed by atoms with van der Waals surface area (Å²) in [7, 11) is -4.64. The molecule has 0 radical (unpaired) electrons. The van der Waals surface area contributed by atoms with Crippen molar-refractivity contribution in [3.05, 3.63) is 78.4 Å².